The fourth-order valence-electron chi connectivity index (χ4n) is 2.75. The molecule has 1 aromatic carbocycles. The lowest BCUT2D eigenvalue weighted by Gasteiger charge is -2.29. The first kappa shape index (κ1) is 22.5. The molecular formula is C18H30ClIN4O. The smallest absolute Gasteiger partial charge is 0.191 e. The first-order valence-corrected chi connectivity index (χ1v) is 9.22. The van der Waals surface area contributed by atoms with Gasteiger partial charge in [0, 0.05) is 31.2 Å². The highest BCUT2D eigenvalue weighted by Crippen LogP contribution is 2.10. The number of piperidine rings is 1. The summed E-state index contributed by atoms with van der Waals surface area (Å²) in [6, 6.07) is 7.78. The molecule has 0 radical (unpaired) electrons. The lowest BCUT2D eigenvalue weighted by molar-refractivity contribution is 0.0823. The second-order valence-corrected chi connectivity index (χ2v) is 6.61. The van der Waals surface area contributed by atoms with Crippen molar-refractivity contribution in [2.45, 2.75) is 38.8 Å². The van der Waals surface area contributed by atoms with Crippen molar-refractivity contribution in [3.05, 3.63) is 34.9 Å². The van der Waals surface area contributed by atoms with Crippen LogP contribution >= 0.6 is 35.6 Å². The number of nitrogens with zero attached hydrogens (tertiary/aromatic N) is 2. The van der Waals surface area contributed by atoms with Crippen LogP contribution in [0.15, 0.2) is 29.3 Å². The van der Waals surface area contributed by atoms with Gasteiger partial charge < -0.3 is 20.6 Å². The van der Waals surface area contributed by atoms with E-state index in [-0.39, 0.29) is 30.1 Å². The van der Waals surface area contributed by atoms with Crippen LogP contribution < -0.4 is 10.6 Å². The molecule has 1 saturated heterocycles. The van der Waals surface area contributed by atoms with E-state index in [0.29, 0.717) is 6.54 Å². The average molecular weight is 481 g/mol. The summed E-state index contributed by atoms with van der Waals surface area (Å²) in [5, 5.41) is 16.9. The number of nitrogens with one attached hydrogen (secondary N) is 2. The van der Waals surface area contributed by atoms with E-state index >= 15 is 0 Å². The Labute approximate surface area is 173 Å². The summed E-state index contributed by atoms with van der Waals surface area (Å²) >= 11 is 5.90. The predicted octanol–water partition coefficient (Wildman–Crippen LogP) is 2.86. The Bertz CT molecular complexity index is 504. The van der Waals surface area contributed by atoms with Gasteiger partial charge in [-0.2, -0.15) is 0 Å². The topological polar surface area (TPSA) is 59.9 Å². The van der Waals surface area contributed by atoms with Crippen LogP contribution in [0.25, 0.3) is 0 Å². The molecular weight excluding hydrogens is 451 g/mol. The first-order valence-electron chi connectivity index (χ1n) is 8.84. The van der Waals surface area contributed by atoms with Crippen molar-refractivity contribution in [3.63, 3.8) is 0 Å². The minimum absolute atomic E-state index is 0. The van der Waals surface area contributed by atoms with Crippen LogP contribution in [-0.2, 0) is 6.54 Å². The number of guanidine groups is 1. The lowest BCUT2D eigenvalue weighted by atomic mass is 10.1. The molecule has 1 heterocycles. The maximum atomic E-state index is 9.53. The van der Waals surface area contributed by atoms with Crippen LogP contribution in [0.2, 0.25) is 5.02 Å². The van der Waals surface area contributed by atoms with Crippen molar-refractivity contribution in [1.82, 2.24) is 15.5 Å². The third kappa shape index (κ3) is 9.08. The Morgan fingerprint density at radius 3 is 2.56 bits per heavy atom. The molecule has 1 aliphatic rings. The number of hydrogen-bond acceptors (Lipinski definition) is 3. The van der Waals surface area contributed by atoms with Gasteiger partial charge in [-0.05, 0) is 50.4 Å². The summed E-state index contributed by atoms with van der Waals surface area (Å²) in [6.45, 7) is 7.52. The van der Waals surface area contributed by atoms with E-state index in [1.165, 1.54) is 0 Å². The normalized spacial score (nSPS) is 16.4. The summed E-state index contributed by atoms with van der Waals surface area (Å²) in [5.74, 6) is 0.849. The zero-order chi connectivity index (χ0) is 17.2. The van der Waals surface area contributed by atoms with Crippen LogP contribution in [0, 0.1) is 0 Å². The van der Waals surface area contributed by atoms with Crippen LogP contribution in [0.4, 0.5) is 0 Å². The zero-order valence-corrected chi connectivity index (χ0v) is 18.0. The average Bonchev–Trinajstić information content (AvgIpc) is 2.59. The Balaban J connectivity index is 0.00000312. The summed E-state index contributed by atoms with van der Waals surface area (Å²) in [5.41, 5.74) is 1.14. The molecule has 142 valence electrons. The number of hydrogen-bond donors (Lipinski definition) is 3. The van der Waals surface area contributed by atoms with Crippen molar-refractivity contribution in [1.29, 1.82) is 0 Å². The predicted molar refractivity (Wildman–Crippen MR) is 116 cm³/mol. The molecule has 0 aliphatic carbocycles. The molecule has 7 heteroatoms. The Hall–Kier alpha value is -0.570. The summed E-state index contributed by atoms with van der Waals surface area (Å²) in [4.78, 5) is 7.04. The van der Waals surface area contributed by atoms with E-state index in [4.69, 9.17) is 11.6 Å². The van der Waals surface area contributed by atoms with Crippen LogP contribution in [0.3, 0.4) is 0 Å². The third-order valence-electron chi connectivity index (χ3n) is 4.18. The van der Waals surface area contributed by atoms with E-state index in [1.807, 2.05) is 24.3 Å². The van der Waals surface area contributed by atoms with Crippen molar-refractivity contribution in [3.8, 4) is 0 Å². The highest BCUT2D eigenvalue weighted by atomic mass is 127. The minimum atomic E-state index is -0.0975. The van der Waals surface area contributed by atoms with Crippen LogP contribution in [0.1, 0.15) is 31.7 Å². The zero-order valence-electron chi connectivity index (χ0n) is 14.9. The van der Waals surface area contributed by atoms with Gasteiger partial charge in [0.2, 0.25) is 0 Å². The molecule has 0 bridgehead atoms. The molecule has 25 heavy (non-hydrogen) atoms. The van der Waals surface area contributed by atoms with Crippen molar-refractivity contribution in [2.75, 3.05) is 32.7 Å². The second kappa shape index (κ2) is 12.7. The van der Waals surface area contributed by atoms with Gasteiger partial charge in [0.15, 0.2) is 5.96 Å². The van der Waals surface area contributed by atoms with Gasteiger partial charge >= 0.3 is 0 Å². The maximum absolute atomic E-state index is 9.53. The SMILES string of the molecule is CCNC(=NCc1ccc(Cl)cc1)NCCCN1CCC(O)CC1.I. The summed E-state index contributed by atoms with van der Waals surface area (Å²) < 4.78 is 0. The molecule has 2 rings (SSSR count). The molecule has 0 atom stereocenters. The van der Waals surface area contributed by atoms with Gasteiger partial charge in [-0.15, -0.1) is 24.0 Å². The van der Waals surface area contributed by atoms with Crippen molar-refractivity contribution < 1.29 is 5.11 Å². The van der Waals surface area contributed by atoms with Gasteiger partial charge in [0.05, 0.1) is 12.6 Å². The molecule has 1 aromatic rings. The molecule has 0 saturated carbocycles. The first-order chi connectivity index (χ1) is 11.7. The van der Waals surface area contributed by atoms with E-state index in [0.717, 1.165) is 68.5 Å². The number of rotatable bonds is 7. The quantitative estimate of drug-likeness (QED) is 0.243. The maximum Gasteiger partial charge on any atom is 0.191 e. The highest BCUT2D eigenvalue weighted by molar-refractivity contribution is 14.0. The number of halogens is 2. The molecule has 5 nitrogen and oxygen atoms in total. The molecule has 0 aromatic heterocycles. The van der Waals surface area contributed by atoms with Gasteiger partial charge in [0.1, 0.15) is 0 Å². The number of aliphatic imine (C=N–C) groups is 1. The molecule has 3 N–H and O–H groups in total. The van der Waals surface area contributed by atoms with Gasteiger partial charge in [0.25, 0.3) is 0 Å². The monoisotopic (exact) mass is 480 g/mol. The largest absolute Gasteiger partial charge is 0.393 e. The van der Waals surface area contributed by atoms with E-state index in [2.05, 4.69) is 27.4 Å². The van der Waals surface area contributed by atoms with Crippen LogP contribution in [-0.4, -0.2) is 54.8 Å². The minimum Gasteiger partial charge on any atom is -0.393 e. The third-order valence-corrected chi connectivity index (χ3v) is 4.43. The standard InChI is InChI=1S/C18H29ClN4O.HI/c1-2-20-18(22-14-15-4-6-16(19)7-5-15)21-10-3-11-23-12-8-17(24)9-13-23;/h4-7,17,24H,2-3,8-14H2,1H3,(H2,20,21,22);1H. The lowest BCUT2D eigenvalue weighted by Crippen LogP contribution is -2.40. The van der Waals surface area contributed by atoms with E-state index < -0.39 is 0 Å². The fourth-order valence-corrected chi connectivity index (χ4v) is 2.88. The summed E-state index contributed by atoms with van der Waals surface area (Å²) in [6.07, 6.45) is 2.78. The number of likely N-dealkylation sites (tertiary alicyclic amines) is 1. The Kier molecular flexibility index (Phi) is 11.4. The molecule has 1 aliphatic heterocycles. The highest BCUT2D eigenvalue weighted by Gasteiger charge is 2.15. The number of aliphatic hydroxyl groups is 1. The van der Waals surface area contributed by atoms with Gasteiger partial charge in [-0.1, -0.05) is 23.7 Å². The molecule has 0 amide bonds. The second-order valence-electron chi connectivity index (χ2n) is 6.17. The Morgan fingerprint density at radius 2 is 1.92 bits per heavy atom. The number of aliphatic hydroxyl groups excluding tert-OH is 1. The van der Waals surface area contributed by atoms with Crippen molar-refractivity contribution in [2.24, 2.45) is 4.99 Å². The molecule has 0 unspecified atom stereocenters. The van der Waals surface area contributed by atoms with E-state index in [9.17, 15) is 5.11 Å². The van der Waals surface area contributed by atoms with E-state index in [1.54, 1.807) is 0 Å². The van der Waals surface area contributed by atoms with Crippen molar-refractivity contribution >= 4 is 41.5 Å². The molecule has 1 fully saturated rings. The fraction of sp³-hybridized carbons (Fsp3) is 0.611. The van der Waals surface area contributed by atoms with Crippen LogP contribution in [0.5, 0.6) is 0 Å². The van der Waals surface area contributed by atoms with Gasteiger partial charge in [-0.3, -0.25) is 0 Å². The van der Waals surface area contributed by atoms with Gasteiger partial charge in [-0.25, -0.2) is 4.99 Å². The molecule has 0 spiro atoms. The number of benzene rings is 1. The summed E-state index contributed by atoms with van der Waals surface area (Å²) in [7, 11) is 0. The Morgan fingerprint density at radius 1 is 1.24 bits per heavy atom.